The smallest absolute Gasteiger partial charge is 0.270 e. The lowest BCUT2D eigenvalue weighted by atomic mass is 10.0. The topological polar surface area (TPSA) is 62.1 Å². The van der Waals surface area contributed by atoms with Gasteiger partial charge in [0.2, 0.25) is 0 Å². The third kappa shape index (κ3) is 2.62. The number of H-pyrrole nitrogens is 1. The summed E-state index contributed by atoms with van der Waals surface area (Å²) in [5.41, 5.74) is 6.45. The van der Waals surface area contributed by atoms with Crippen LogP contribution < -0.4 is 5.73 Å². The van der Waals surface area contributed by atoms with Crippen LogP contribution in [0.15, 0.2) is 16.7 Å². The Morgan fingerprint density at radius 1 is 1.61 bits per heavy atom. The molecular formula is C13H20BrN3O. The molecule has 2 atom stereocenters. The number of hydrogen-bond donors (Lipinski definition) is 2. The predicted molar refractivity (Wildman–Crippen MR) is 75.4 cm³/mol. The van der Waals surface area contributed by atoms with E-state index in [4.69, 9.17) is 5.73 Å². The maximum absolute atomic E-state index is 12.5. The van der Waals surface area contributed by atoms with Crippen molar-refractivity contribution in [3.05, 3.63) is 22.4 Å². The van der Waals surface area contributed by atoms with Gasteiger partial charge in [0.05, 0.1) is 0 Å². The quantitative estimate of drug-likeness (QED) is 0.896. The fourth-order valence-electron chi connectivity index (χ4n) is 2.88. The number of hydrogen-bond acceptors (Lipinski definition) is 2. The standard InChI is InChI=1S/C13H20BrN3O/c1-2-17(12-5-3-4-9(12)7-15)13(18)11-6-10(14)8-16-11/h6,8-9,12,16H,2-5,7,15H2,1H3. The van der Waals surface area contributed by atoms with Crippen molar-refractivity contribution in [2.75, 3.05) is 13.1 Å². The third-order valence-electron chi connectivity index (χ3n) is 3.80. The number of nitrogens with one attached hydrogen (secondary N) is 1. The van der Waals surface area contributed by atoms with Gasteiger partial charge in [0, 0.05) is 23.3 Å². The Labute approximate surface area is 116 Å². The van der Waals surface area contributed by atoms with Crippen LogP contribution >= 0.6 is 15.9 Å². The van der Waals surface area contributed by atoms with E-state index >= 15 is 0 Å². The Kier molecular flexibility index (Phi) is 4.45. The Balaban J connectivity index is 2.15. The first kappa shape index (κ1) is 13.6. The van der Waals surface area contributed by atoms with Crippen molar-refractivity contribution in [3.8, 4) is 0 Å². The second-order valence-corrected chi connectivity index (χ2v) is 5.73. The second kappa shape index (κ2) is 5.89. The molecule has 18 heavy (non-hydrogen) atoms. The molecule has 0 spiro atoms. The number of halogens is 1. The van der Waals surface area contributed by atoms with Crippen LogP contribution in [0.3, 0.4) is 0 Å². The molecule has 0 saturated heterocycles. The Hall–Kier alpha value is -0.810. The Morgan fingerprint density at radius 2 is 2.39 bits per heavy atom. The summed E-state index contributed by atoms with van der Waals surface area (Å²) < 4.78 is 0.906. The van der Waals surface area contributed by atoms with E-state index in [0.717, 1.165) is 23.9 Å². The molecule has 1 aliphatic rings. The minimum atomic E-state index is 0.0774. The molecule has 1 amide bonds. The van der Waals surface area contributed by atoms with Crippen molar-refractivity contribution in [2.45, 2.75) is 32.2 Å². The van der Waals surface area contributed by atoms with E-state index < -0.39 is 0 Å². The maximum Gasteiger partial charge on any atom is 0.270 e. The van der Waals surface area contributed by atoms with Crippen molar-refractivity contribution in [1.82, 2.24) is 9.88 Å². The average Bonchev–Trinajstić information content (AvgIpc) is 2.98. The van der Waals surface area contributed by atoms with Gasteiger partial charge in [-0.25, -0.2) is 0 Å². The molecule has 0 aromatic carbocycles. The third-order valence-corrected chi connectivity index (χ3v) is 4.26. The highest BCUT2D eigenvalue weighted by molar-refractivity contribution is 9.10. The largest absolute Gasteiger partial charge is 0.356 e. The molecule has 3 N–H and O–H groups in total. The molecule has 2 rings (SSSR count). The molecule has 4 nitrogen and oxygen atoms in total. The van der Waals surface area contributed by atoms with Gasteiger partial charge in [-0.2, -0.15) is 0 Å². The summed E-state index contributed by atoms with van der Waals surface area (Å²) >= 11 is 3.36. The summed E-state index contributed by atoms with van der Waals surface area (Å²) in [5.74, 6) is 0.529. The lowest BCUT2D eigenvalue weighted by Gasteiger charge is -2.31. The number of aromatic amines is 1. The number of amides is 1. The van der Waals surface area contributed by atoms with Crippen LogP contribution in [0.2, 0.25) is 0 Å². The average molecular weight is 314 g/mol. The molecule has 0 radical (unpaired) electrons. The number of nitrogens with zero attached hydrogens (tertiary/aromatic N) is 1. The molecule has 100 valence electrons. The van der Waals surface area contributed by atoms with Crippen LogP contribution in [-0.4, -0.2) is 34.9 Å². The molecule has 1 saturated carbocycles. The minimum Gasteiger partial charge on any atom is -0.356 e. The van der Waals surface area contributed by atoms with Gasteiger partial charge in [0.1, 0.15) is 5.69 Å². The molecule has 1 fully saturated rings. The second-order valence-electron chi connectivity index (χ2n) is 4.82. The van der Waals surface area contributed by atoms with E-state index in [-0.39, 0.29) is 5.91 Å². The van der Waals surface area contributed by atoms with Crippen molar-refractivity contribution in [3.63, 3.8) is 0 Å². The SMILES string of the molecule is CCN(C(=O)c1cc(Br)c[nH]1)C1CCCC1CN. The summed E-state index contributed by atoms with van der Waals surface area (Å²) in [4.78, 5) is 17.4. The van der Waals surface area contributed by atoms with Gasteiger partial charge < -0.3 is 15.6 Å². The first-order chi connectivity index (χ1) is 8.67. The van der Waals surface area contributed by atoms with Crippen LogP contribution in [0, 0.1) is 5.92 Å². The zero-order valence-electron chi connectivity index (χ0n) is 10.7. The number of aromatic nitrogens is 1. The van der Waals surface area contributed by atoms with E-state index in [2.05, 4.69) is 20.9 Å². The Bertz CT molecular complexity index is 418. The van der Waals surface area contributed by atoms with Crippen LogP contribution in [0.1, 0.15) is 36.7 Å². The lowest BCUT2D eigenvalue weighted by Crippen LogP contribution is -2.44. The van der Waals surface area contributed by atoms with Gasteiger partial charge in [0.15, 0.2) is 0 Å². The molecule has 1 aliphatic carbocycles. The van der Waals surface area contributed by atoms with Crippen LogP contribution in [0.5, 0.6) is 0 Å². The molecule has 5 heteroatoms. The van der Waals surface area contributed by atoms with Crippen LogP contribution in [0.25, 0.3) is 0 Å². The molecule has 0 bridgehead atoms. The minimum absolute atomic E-state index is 0.0774. The van der Waals surface area contributed by atoms with E-state index in [1.807, 2.05) is 17.9 Å². The molecule has 0 aliphatic heterocycles. The van der Waals surface area contributed by atoms with Crippen molar-refractivity contribution >= 4 is 21.8 Å². The summed E-state index contributed by atoms with van der Waals surface area (Å²) in [5, 5.41) is 0. The zero-order chi connectivity index (χ0) is 13.1. The lowest BCUT2D eigenvalue weighted by molar-refractivity contribution is 0.0646. The zero-order valence-corrected chi connectivity index (χ0v) is 12.2. The summed E-state index contributed by atoms with van der Waals surface area (Å²) in [6.45, 7) is 3.43. The van der Waals surface area contributed by atoms with E-state index in [0.29, 0.717) is 24.2 Å². The van der Waals surface area contributed by atoms with Gasteiger partial charge in [-0.3, -0.25) is 4.79 Å². The monoisotopic (exact) mass is 313 g/mol. The van der Waals surface area contributed by atoms with Crippen LogP contribution in [0.4, 0.5) is 0 Å². The molecule has 2 unspecified atom stereocenters. The van der Waals surface area contributed by atoms with Crippen molar-refractivity contribution < 1.29 is 4.79 Å². The first-order valence-electron chi connectivity index (χ1n) is 6.52. The molecule has 1 aromatic rings. The fraction of sp³-hybridized carbons (Fsp3) is 0.615. The number of carbonyl (C=O) groups excluding carboxylic acids is 1. The highest BCUT2D eigenvalue weighted by Crippen LogP contribution is 2.30. The normalized spacial score (nSPS) is 23.3. The predicted octanol–water partition coefficient (Wildman–Crippen LogP) is 2.37. The van der Waals surface area contributed by atoms with Crippen molar-refractivity contribution in [2.24, 2.45) is 11.7 Å². The fourth-order valence-corrected chi connectivity index (χ4v) is 3.22. The highest BCUT2D eigenvalue weighted by atomic mass is 79.9. The summed E-state index contributed by atoms with van der Waals surface area (Å²) in [6.07, 6.45) is 5.17. The van der Waals surface area contributed by atoms with Gasteiger partial charge in [-0.1, -0.05) is 6.42 Å². The molecule has 1 aromatic heterocycles. The number of nitrogens with two attached hydrogens (primary N) is 1. The van der Waals surface area contributed by atoms with E-state index in [1.165, 1.54) is 6.42 Å². The summed E-state index contributed by atoms with van der Waals surface area (Å²) in [6, 6.07) is 2.13. The maximum atomic E-state index is 12.5. The van der Waals surface area contributed by atoms with Crippen LogP contribution in [-0.2, 0) is 0 Å². The van der Waals surface area contributed by atoms with Gasteiger partial charge in [0.25, 0.3) is 5.91 Å². The Morgan fingerprint density at radius 3 is 2.94 bits per heavy atom. The summed E-state index contributed by atoms with van der Waals surface area (Å²) in [7, 11) is 0. The number of carbonyl (C=O) groups is 1. The van der Waals surface area contributed by atoms with E-state index in [1.54, 1.807) is 6.20 Å². The van der Waals surface area contributed by atoms with Gasteiger partial charge in [-0.15, -0.1) is 0 Å². The molecule has 1 heterocycles. The van der Waals surface area contributed by atoms with Crippen molar-refractivity contribution in [1.29, 1.82) is 0 Å². The van der Waals surface area contributed by atoms with E-state index in [9.17, 15) is 4.79 Å². The van der Waals surface area contributed by atoms with Gasteiger partial charge in [-0.05, 0) is 54.2 Å². The first-order valence-corrected chi connectivity index (χ1v) is 7.31. The highest BCUT2D eigenvalue weighted by Gasteiger charge is 2.33. The van der Waals surface area contributed by atoms with Gasteiger partial charge >= 0.3 is 0 Å². The number of rotatable bonds is 4. The molecular weight excluding hydrogens is 294 g/mol.